The van der Waals surface area contributed by atoms with Gasteiger partial charge in [0.1, 0.15) is 0 Å². The van der Waals surface area contributed by atoms with Crippen molar-refractivity contribution < 1.29 is 5.11 Å². The molecule has 1 N–H and O–H groups in total. The van der Waals surface area contributed by atoms with Crippen molar-refractivity contribution in [3.05, 3.63) is 22.7 Å². The van der Waals surface area contributed by atoms with E-state index in [1.54, 1.807) is 0 Å². The molecule has 1 atom stereocenters. The Morgan fingerprint density at radius 3 is 2.60 bits per heavy atom. The van der Waals surface area contributed by atoms with Crippen LogP contribution in [-0.4, -0.2) is 14.7 Å². The molecule has 0 saturated carbocycles. The average Bonchev–Trinajstić information content (AvgIpc) is 2.48. The highest BCUT2D eigenvalue weighted by atomic mass is 32.1. The third-order valence-electron chi connectivity index (χ3n) is 2.07. The van der Waals surface area contributed by atoms with Gasteiger partial charge in [0.25, 0.3) is 0 Å². The van der Waals surface area contributed by atoms with Gasteiger partial charge in [-0.3, -0.25) is 0 Å². The SMILES string of the molecule is C=C(C)CC(O)c1snnc1C(C)(C)C. The lowest BCUT2D eigenvalue weighted by atomic mass is 9.90. The first-order chi connectivity index (χ1) is 6.82. The Labute approximate surface area is 95.0 Å². The molecule has 84 valence electrons. The molecule has 1 aromatic heterocycles. The summed E-state index contributed by atoms with van der Waals surface area (Å²) in [6.07, 6.45) is 0.0594. The van der Waals surface area contributed by atoms with Crippen LogP contribution in [0.5, 0.6) is 0 Å². The van der Waals surface area contributed by atoms with Crippen molar-refractivity contribution >= 4 is 11.5 Å². The molecule has 3 nitrogen and oxygen atoms in total. The second-order valence-corrected chi connectivity index (χ2v) is 5.70. The number of hydrogen-bond donors (Lipinski definition) is 1. The van der Waals surface area contributed by atoms with Crippen LogP contribution in [0.15, 0.2) is 12.2 Å². The van der Waals surface area contributed by atoms with Crippen LogP contribution in [0.25, 0.3) is 0 Å². The molecule has 1 unspecified atom stereocenters. The van der Waals surface area contributed by atoms with E-state index in [0.717, 1.165) is 16.1 Å². The molecule has 0 aromatic carbocycles. The van der Waals surface area contributed by atoms with Crippen LogP contribution in [0, 0.1) is 0 Å². The van der Waals surface area contributed by atoms with Gasteiger partial charge in [-0.25, -0.2) is 0 Å². The van der Waals surface area contributed by atoms with Crippen LogP contribution in [0.2, 0.25) is 0 Å². The summed E-state index contributed by atoms with van der Waals surface area (Å²) in [5, 5.41) is 14.1. The van der Waals surface area contributed by atoms with Crippen molar-refractivity contribution in [3.63, 3.8) is 0 Å². The Bertz CT molecular complexity index is 352. The van der Waals surface area contributed by atoms with Crippen LogP contribution in [0.1, 0.15) is 50.8 Å². The highest BCUT2D eigenvalue weighted by molar-refractivity contribution is 7.05. The van der Waals surface area contributed by atoms with Gasteiger partial charge in [0.15, 0.2) is 0 Å². The average molecular weight is 226 g/mol. The quantitative estimate of drug-likeness (QED) is 0.806. The molecule has 1 heterocycles. The largest absolute Gasteiger partial charge is 0.387 e. The summed E-state index contributed by atoms with van der Waals surface area (Å²) >= 11 is 1.27. The normalized spacial score (nSPS) is 13.9. The van der Waals surface area contributed by atoms with Crippen molar-refractivity contribution in [3.8, 4) is 0 Å². The fourth-order valence-electron chi connectivity index (χ4n) is 1.36. The zero-order chi connectivity index (χ0) is 11.6. The van der Waals surface area contributed by atoms with Crippen LogP contribution >= 0.6 is 11.5 Å². The number of aromatic nitrogens is 2. The molecule has 15 heavy (non-hydrogen) atoms. The van der Waals surface area contributed by atoms with E-state index in [1.165, 1.54) is 11.5 Å². The van der Waals surface area contributed by atoms with E-state index in [9.17, 15) is 5.11 Å². The topological polar surface area (TPSA) is 46.0 Å². The van der Waals surface area contributed by atoms with Gasteiger partial charge in [0, 0.05) is 5.41 Å². The summed E-state index contributed by atoms with van der Waals surface area (Å²) in [6, 6.07) is 0. The van der Waals surface area contributed by atoms with E-state index in [4.69, 9.17) is 0 Å². The van der Waals surface area contributed by atoms with Crippen molar-refractivity contribution in [1.82, 2.24) is 9.59 Å². The number of aliphatic hydroxyl groups is 1. The van der Waals surface area contributed by atoms with E-state index in [0.29, 0.717) is 6.42 Å². The highest BCUT2D eigenvalue weighted by Gasteiger charge is 2.26. The van der Waals surface area contributed by atoms with E-state index in [2.05, 4.69) is 36.9 Å². The second-order valence-electron chi connectivity index (χ2n) is 4.91. The Hall–Kier alpha value is -0.740. The van der Waals surface area contributed by atoms with E-state index >= 15 is 0 Å². The minimum atomic E-state index is -0.517. The number of nitrogens with zero attached hydrogens (tertiary/aromatic N) is 2. The summed E-state index contributed by atoms with van der Waals surface area (Å²) in [7, 11) is 0. The van der Waals surface area contributed by atoms with Crippen molar-refractivity contribution in [2.45, 2.75) is 45.6 Å². The molecular weight excluding hydrogens is 208 g/mol. The Morgan fingerprint density at radius 2 is 2.13 bits per heavy atom. The van der Waals surface area contributed by atoms with E-state index < -0.39 is 6.10 Å². The lowest BCUT2D eigenvalue weighted by molar-refractivity contribution is 0.179. The maximum Gasteiger partial charge on any atom is 0.0954 e. The second kappa shape index (κ2) is 4.41. The van der Waals surface area contributed by atoms with Gasteiger partial charge >= 0.3 is 0 Å². The monoisotopic (exact) mass is 226 g/mol. The molecule has 0 aliphatic heterocycles. The molecule has 0 radical (unpaired) electrons. The first-order valence-electron chi connectivity index (χ1n) is 4.97. The Balaban J connectivity index is 2.95. The van der Waals surface area contributed by atoms with Crippen LogP contribution < -0.4 is 0 Å². The van der Waals surface area contributed by atoms with Crippen molar-refractivity contribution in [1.29, 1.82) is 0 Å². The lowest BCUT2D eigenvalue weighted by Gasteiger charge is -2.18. The minimum absolute atomic E-state index is 0.0710. The van der Waals surface area contributed by atoms with Crippen LogP contribution in [0.3, 0.4) is 0 Å². The predicted octanol–water partition coefficient (Wildman–Crippen LogP) is 2.84. The first-order valence-corrected chi connectivity index (χ1v) is 5.75. The standard InChI is InChI=1S/C11H18N2OS/c1-7(2)6-8(14)9-10(11(3,4)5)12-13-15-9/h8,14H,1,6H2,2-5H3. The van der Waals surface area contributed by atoms with Gasteiger partial charge in [0.2, 0.25) is 0 Å². The molecule has 0 bridgehead atoms. The smallest absolute Gasteiger partial charge is 0.0954 e. The van der Waals surface area contributed by atoms with E-state index in [-0.39, 0.29) is 5.41 Å². The molecule has 4 heteroatoms. The Morgan fingerprint density at radius 1 is 1.53 bits per heavy atom. The molecule has 0 saturated heterocycles. The fraction of sp³-hybridized carbons (Fsp3) is 0.636. The Kier molecular flexibility index (Phi) is 3.62. The molecule has 1 aromatic rings. The van der Waals surface area contributed by atoms with Crippen molar-refractivity contribution in [2.24, 2.45) is 0 Å². The molecule has 0 fully saturated rings. The summed E-state index contributed by atoms with van der Waals surface area (Å²) in [6.45, 7) is 11.9. The van der Waals surface area contributed by atoms with Crippen LogP contribution in [0.4, 0.5) is 0 Å². The van der Waals surface area contributed by atoms with Gasteiger partial charge < -0.3 is 5.11 Å². The van der Waals surface area contributed by atoms with Gasteiger partial charge in [0.05, 0.1) is 16.7 Å². The maximum atomic E-state index is 9.99. The van der Waals surface area contributed by atoms with Crippen molar-refractivity contribution in [2.75, 3.05) is 0 Å². The summed E-state index contributed by atoms with van der Waals surface area (Å²) in [4.78, 5) is 0.866. The van der Waals surface area contributed by atoms with E-state index in [1.807, 2.05) is 6.92 Å². The minimum Gasteiger partial charge on any atom is -0.387 e. The number of hydrogen-bond acceptors (Lipinski definition) is 4. The molecule has 1 rings (SSSR count). The third kappa shape index (κ3) is 3.11. The van der Waals surface area contributed by atoms with Gasteiger partial charge in [-0.1, -0.05) is 30.8 Å². The molecule has 0 aliphatic carbocycles. The predicted molar refractivity (Wildman–Crippen MR) is 63.0 cm³/mol. The van der Waals surface area contributed by atoms with Gasteiger partial charge in [-0.05, 0) is 24.9 Å². The molecule has 0 spiro atoms. The fourth-order valence-corrected chi connectivity index (χ4v) is 2.21. The molecule has 0 aliphatic rings. The number of rotatable bonds is 3. The zero-order valence-corrected chi connectivity index (χ0v) is 10.6. The summed E-state index contributed by atoms with van der Waals surface area (Å²) < 4.78 is 3.92. The van der Waals surface area contributed by atoms with Gasteiger partial charge in [-0.2, -0.15) is 0 Å². The first kappa shape index (κ1) is 12.3. The molecule has 0 amide bonds. The maximum absolute atomic E-state index is 9.99. The number of aliphatic hydroxyl groups excluding tert-OH is 1. The molecular formula is C11H18N2OS. The van der Waals surface area contributed by atoms with Gasteiger partial charge in [-0.15, -0.1) is 11.7 Å². The zero-order valence-electron chi connectivity index (χ0n) is 9.74. The lowest BCUT2D eigenvalue weighted by Crippen LogP contribution is -2.15. The highest BCUT2D eigenvalue weighted by Crippen LogP contribution is 2.32. The van der Waals surface area contributed by atoms with Crippen LogP contribution in [-0.2, 0) is 5.41 Å². The summed E-state index contributed by atoms with van der Waals surface area (Å²) in [5.74, 6) is 0. The third-order valence-corrected chi connectivity index (χ3v) is 2.89. The summed E-state index contributed by atoms with van der Waals surface area (Å²) in [5.41, 5.74) is 1.79.